The van der Waals surface area contributed by atoms with Gasteiger partial charge >= 0.3 is 0 Å². The molecule has 0 radical (unpaired) electrons. The van der Waals surface area contributed by atoms with Crippen molar-refractivity contribution in [1.82, 2.24) is 15.2 Å². The van der Waals surface area contributed by atoms with Gasteiger partial charge in [0.15, 0.2) is 0 Å². The second-order valence-corrected chi connectivity index (χ2v) is 4.74. The molecule has 1 N–H and O–H groups in total. The summed E-state index contributed by atoms with van der Waals surface area (Å²) in [6.45, 7) is 8.29. The number of nitrogens with one attached hydrogen (secondary N) is 1. The van der Waals surface area contributed by atoms with E-state index < -0.39 is 0 Å². The van der Waals surface area contributed by atoms with Gasteiger partial charge in [0.2, 0.25) is 0 Å². The maximum absolute atomic E-state index is 5.34. The maximum Gasteiger partial charge on any atom is 0.0594 e. The molecule has 0 saturated carbocycles. The molecule has 1 aliphatic rings. The maximum atomic E-state index is 5.34. The molecule has 0 aliphatic carbocycles. The first kappa shape index (κ1) is 13.5. The Labute approximate surface area is 109 Å². The number of nitrogens with zero attached hydrogens (tertiary/aromatic N) is 2. The number of morpholine rings is 1. The van der Waals surface area contributed by atoms with E-state index in [1.807, 2.05) is 18.3 Å². The molecule has 1 aliphatic heterocycles. The van der Waals surface area contributed by atoms with E-state index in [0.717, 1.165) is 45.1 Å². The molecule has 1 aromatic heterocycles. The van der Waals surface area contributed by atoms with Crippen LogP contribution < -0.4 is 5.32 Å². The predicted octanol–water partition coefficient (Wildman–Crippen LogP) is 1.45. The highest BCUT2D eigenvalue weighted by molar-refractivity contribution is 5.07. The minimum Gasteiger partial charge on any atom is -0.379 e. The molecule has 2 heterocycles. The van der Waals surface area contributed by atoms with Crippen LogP contribution in [-0.2, 0) is 4.74 Å². The van der Waals surface area contributed by atoms with E-state index in [4.69, 9.17) is 4.74 Å². The number of aromatic nitrogens is 1. The Morgan fingerprint density at radius 1 is 1.39 bits per heavy atom. The highest BCUT2D eigenvalue weighted by Crippen LogP contribution is 2.07. The van der Waals surface area contributed by atoms with Crippen LogP contribution in [0.3, 0.4) is 0 Å². The normalized spacial score (nSPS) is 18.7. The summed E-state index contributed by atoms with van der Waals surface area (Å²) in [7, 11) is 0. The van der Waals surface area contributed by atoms with Crippen LogP contribution >= 0.6 is 0 Å². The summed E-state index contributed by atoms with van der Waals surface area (Å²) in [5.41, 5.74) is 1.11. The standard InChI is InChI=1S/C14H23N3O/c1-13(14-5-2-3-6-16-14)15-7-4-8-17-9-11-18-12-10-17/h2-3,5-6,13,15H,4,7-12H2,1H3. The minimum absolute atomic E-state index is 0.330. The highest BCUT2D eigenvalue weighted by Gasteiger charge is 2.10. The zero-order valence-corrected chi connectivity index (χ0v) is 11.1. The Balaban J connectivity index is 1.60. The zero-order chi connectivity index (χ0) is 12.6. The fraction of sp³-hybridized carbons (Fsp3) is 0.643. The summed E-state index contributed by atoms with van der Waals surface area (Å²) in [6.07, 6.45) is 3.03. The monoisotopic (exact) mass is 249 g/mol. The first-order chi connectivity index (χ1) is 8.86. The Morgan fingerprint density at radius 3 is 2.94 bits per heavy atom. The van der Waals surface area contributed by atoms with E-state index in [9.17, 15) is 0 Å². The van der Waals surface area contributed by atoms with Crippen molar-refractivity contribution in [2.24, 2.45) is 0 Å². The number of rotatable bonds is 6. The van der Waals surface area contributed by atoms with Gasteiger partial charge in [-0.15, -0.1) is 0 Å². The fourth-order valence-electron chi connectivity index (χ4n) is 2.18. The second-order valence-electron chi connectivity index (χ2n) is 4.74. The molecule has 4 nitrogen and oxygen atoms in total. The SMILES string of the molecule is CC(NCCCN1CCOCC1)c1ccccn1. The fourth-order valence-corrected chi connectivity index (χ4v) is 2.18. The van der Waals surface area contributed by atoms with Gasteiger partial charge < -0.3 is 10.1 Å². The molecule has 100 valence electrons. The third kappa shape index (κ3) is 4.37. The molecule has 2 rings (SSSR count). The van der Waals surface area contributed by atoms with E-state index in [1.54, 1.807) is 0 Å². The van der Waals surface area contributed by atoms with Crippen molar-refractivity contribution in [2.45, 2.75) is 19.4 Å². The number of hydrogen-bond acceptors (Lipinski definition) is 4. The Hall–Kier alpha value is -0.970. The molecule has 0 aromatic carbocycles. The number of ether oxygens (including phenoxy) is 1. The molecule has 1 saturated heterocycles. The van der Waals surface area contributed by atoms with Gasteiger partial charge in [-0.05, 0) is 38.6 Å². The van der Waals surface area contributed by atoms with Crippen LogP contribution in [0.4, 0.5) is 0 Å². The Bertz CT molecular complexity index is 325. The van der Waals surface area contributed by atoms with Crippen LogP contribution in [0.2, 0.25) is 0 Å². The lowest BCUT2D eigenvalue weighted by Crippen LogP contribution is -2.37. The largest absolute Gasteiger partial charge is 0.379 e. The van der Waals surface area contributed by atoms with Crippen LogP contribution in [-0.4, -0.2) is 49.3 Å². The van der Waals surface area contributed by atoms with Crippen molar-refractivity contribution in [2.75, 3.05) is 39.4 Å². The summed E-state index contributed by atoms with van der Waals surface area (Å²) >= 11 is 0. The molecule has 1 aromatic rings. The molecular formula is C14H23N3O. The third-order valence-corrected chi connectivity index (χ3v) is 3.34. The molecule has 4 heteroatoms. The van der Waals surface area contributed by atoms with Crippen LogP contribution in [0.25, 0.3) is 0 Å². The van der Waals surface area contributed by atoms with Crippen molar-refractivity contribution >= 4 is 0 Å². The predicted molar refractivity (Wildman–Crippen MR) is 72.5 cm³/mol. The lowest BCUT2D eigenvalue weighted by atomic mass is 10.2. The topological polar surface area (TPSA) is 37.4 Å². The molecular weight excluding hydrogens is 226 g/mol. The quantitative estimate of drug-likeness (QED) is 0.774. The average Bonchev–Trinajstić information content (AvgIpc) is 2.45. The second kappa shape index (κ2) is 7.46. The highest BCUT2D eigenvalue weighted by atomic mass is 16.5. The summed E-state index contributed by atoms with van der Waals surface area (Å²) < 4.78 is 5.34. The van der Waals surface area contributed by atoms with Crippen LogP contribution in [0.1, 0.15) is 25.1 Å². The van der Waals surface area contributed by atoms with E-state index in [2.05, 4.69) is 28.2 Å². The van der Waals surface area contributed by atoms with Crippen LogP contribution in [0.5, 0.6) is 0 Å². The summed E-state index contributed by atoms with van der Waals surface area (Å²) in [5, 5.41) is 3.52. The van der Waals surface area contributed by atoms with Gasteiger partial charge in [-0.2, -0.15) is 0 Å². The van der Waals surface area contributed by atoms with Crippen molar-refractivity contribution in [3.8, 4) is 0 Å². The molecule has 1 fully saturated rings. The van der Waals surface area contributed by atoms with Crippen LogP contribution in [0.15, 0.2) is 24.4 Å². The lowest BCUT2D eigenvalue weighted by Gasteiger charge is -2.26. The Kier molecular flexibility index (Phi) is 5.58. The summed E-state index contributed by atoms with van der Waals surface area (Å²) in [4.78, 5) is 6.83. The van der Waals surface area contributed by atoms with Gasteiger partial charge in [-0.1, -0.05) is 6.07 Å². The molecule has 0 bridgehead atoms. The Morgan fingerprint density at radius 2 is 2.22 bits per heavy atom. The lowest BCUT2D eigenvalue weighted by molar-refractivity contribution is 0.0374. The molecule has 0 amide bonds. The molecule has 1 atom stereocenters. The van der Waals surface area contributed by atoms with Crippen molar-refractivity contribution < 1.29 is 4.74 Å². The van der Waals surface area contributed by atoms with E-state index >= 15 is 0 Å². The van der Waals surface area contributed by atoms with E-state index in [0.29, 0.717) is 6.04 Å². The smallest absolute Gasteiger partial charge is 0.0594 e. The molecule has 18 heavy (non-hydrogen) atoms. The summed E-state index contributed by atoms with van der Waals surface area (Å²) in [6, 6.07) is 6.39. The third-order valence-electron chi connectivity index (χ3n) is 3.34. The van der Waals surface area contributed by atoms with Gasteiger partial charge in [0.05, 0.1) is 18.9 Å². The zero-order valence-electron chi connectivity index (χ0n) is 11.1. The molecule has 0 spiro atoms. The van der Waals surface area contributed by atoms with E-state index in [-0.39, 0.29) is 0 Å². The van der Waals surface area contributed by atoms with Gasteiger partial charge in [0.25, 0.3) is 0 Å². The van der Waals surface area contributed by atoms with Crippen molar-refractivity contribution in [3.05, 3.63) is 30.1 Å². The first-order valence-electron chi connectivity index (χ1n) is 6.80. The van der Waals surface area contributed by atoms with Gasteiger partial charge in [0.1, 0.15) is 0 Å². The average molecular weight is 249 g/mol. The van der Waals surface area contributed by atoms with Gasteiger partial charge in [-0.25, -0.2) is 0 Å². The van der Waals surface area contributed by atoms with Crippen molar-refractivity contribution in [3.63, 3.8) is 0 Å². The van der Waals surface area contributed by atoms with Crippen LogP contribution in [0, 0.1) is 0 Å². The summed E-state index contributed by atoms with van der Waals surface area (Å²) in [5.74, 6) is 0. The number of pyridine rings is 1. The minimum atomic E-state index is 0.330. The first-order valence-corrected chi connectivity index (χ1v) is 6.80. The van der Waals surface area contributed by atoms with Crippen molar-refractivity contribution in [1.29, 1.82) is 0 Å². The van der Waals surface area contributed by atoms with Gasteiger partial charge in [0, 0.05) is 25.3 Å². The number of hydrogen-bond donors (Lipinski definition) is 1. The van der Waals surface area contributed by atoms with Gasteiger partial charge in [-0.3, -0.25) is 9.88 Å². The van der Waals surface area contributed by atoms with E-state index in [1.165, 1.54) is 6.42 Å². The molecule has 1 unspecified atom stereocenters.